The first-order valence-electron chi connectivity index (χ1n) is 4.30. The van der Waals surface area contributed by atoms with E-state index in [1.54, 1.807) is 0 Å². The number of rotatable bonds is 5. The zero-order valence-corrected chi connectivity index (χ0v) is 8.82. The Morgan fingerprint density at radius 2 is 2.09 bits per heavy atom. The van der Waals surface area contributed by atoms with E-state index in [0.29, 0.717) is 0 Å². The van der Waals surface area contributed by atoms with Crippen molar-refractivity contribution in [2.24, 2.45) is 0 Å². The Morgan fingerprint density at radius 1 is 1.45 bits per heavy atom. The van der Waals surface area contributed by atoms with Gasteiger partial charge in [-0.2, -0.15) is 0 Å². The molecule has 0 amide bonds. The highest BCUT2D eigenvalue weighted by molar-refractivity contribution is 7.61. The highest BCUT2D eigenvalue weighted by Gasteiger charge is 1.99. The van der Waals surface area contributed by atoms with Crippen molar-refractivity contribution in [1.29, 1.82) is 0 Å². The van der Waals surface area contributed by atoms with Gasteiger partial charge in [0.25, 0.3) is 0 Å². The Bertz CT molecular complexity index is 136. The maximum absolute atomic E-state index is 3.83. The lowest BCUT2D eigenvalue weighted by atomic mass is 10.3. The second-order valence-corrected chi connectivity index (χ2v) is 5.18. The van der Waals surface area contributed by atoms with Gasteiger partial charge < -0.3 is 0 Å². The molecular weight excluding hydrogens is 151 g/mol. The molecule has 0 nitrogen and oxygen atoms in total. The second kappa shape index (κ2) is 6.61. The molecule has 1 atom stereocenters. The van der Waals surface area contributed by atoms with E-state index in [1.165, 1.54) is 24.3 Å². The van der Waals surface area contributed by atoms with Crippen LogP contribution in [0.15, 0.2) is 24.0 Å². The van der Waals surface area contributed by atoms with Crippen LogP contribution in [-0.4, -0.2) is 12.8 Å². The van der Waals surface area contributed by atoms with Gasteiger partial charge in [-0.05, 0) is 24.6 Å². The molecule has 11 heavy (non-hydrogen) atoms. The predicted molar refractivity (Wildman–Crippen MR) is 56.6 cm³/mol. The molecule has 0 fully saturated rings. The molecule has 1 heteroatoms. The fraction of sp³-hybridized carbons (Fsp3) is 0.600. The summed E-state index contributed by atoms with van der Waals surface area (Å²) in [5.74, 6) is 0. The Hall–Kier alpha value is -0.0900. The van der Waals surface area contributed by atoms with Gasteiger partial charge in [0.1, 0.15) is 0 Å². The van der Waals surface area contributed by atoms with Gasteiger partial charge in [-0.25, -0.2) is 0 Å². The van der Waals surface area contributed by atoms with Crippen molar-refractivity contribution in [3.8, 4) is 0 Å². The molecular formula is C10H19P. The van der Waals surface area contributed by atoms with Crippen LogP contribution < -0.4 is 0 Å². The maximum Gasteiger partial charge on any atom is -0.0289 e. The summed E-state index contributed by atoms with van der Waals surface area (Å²) in [4.78, 5) is 0. The van der Waals surface area contributed by atoms with Crippen LogP contribution in [0.4, 0.5) is 0 Å². The molecule has 0 aromatic carbocycles. The molecule has 0 rings (SSSR count). The normalized spacial score (nSPS) is 14.6. The third-order valence-electron chi connectivity index (χ3n) is 1.77. The average molecular weight is 170 g/mol. The Morgan fingerprint density at radius 3 is 2.45 bits per heavy atom. The van der Waals surface area contributed by atoms with Crippen molar-refractivity contribution in [2.45, 2.75) is 26.7 Å². The van der Waals surface area contributed by atoms with Crippen molar-refractivity contribution in [1.82, 2.24) is 0 Å². The van der Waals surface area contributed by atoms with Crippen molar-refractivity contribution >= 4 is 7.92 Å². The fourth-order valence-corrected chi connectivity index (χ4v) is 1.99. The molecule has 0 aliphatic rings. The SMILES string of the molecule is C=C/C(=C\CCC)P(C)CC. The van der Waals surface area contributed by atoms with Crippen molar-refractivity contribution < 1.29 is 0 Å². The summed E-state index contributed by atoms with van der Waals surface area (Å²) in [6.07, 6.45) is 8.07. The summed E-state index contributed by atoms with van der Waals surface area (Å²) in [6.45, 7) is 10.6. The molecule has 0 aliphatic heterocycles. The Kier molecular flexibility index (Phi) is 6.56. The fourth-order valence-electron chi connectivity index (χ4n) is 0.870. The molecule has 64 valence electrons. The van der Waals surface area contributed by atoms with Crippen LogP contribution in [0, 0.1) is 0 Å². The van der Waals surface area contributed by atoms with E-state index in [0.717, 1.165) is 0 Å². The van der Waals surface area contributed by atoms with Crippen molar-refractivity contribution in [3.63, 3.8) is 0 Å². The van der Waals surface area contributed by atoms with Crippen molar-refractivity contribution in [3.05, 3.63) is 24.0 Å². The first kappa shape index (κ1) is 10.9. The summed E-state index contributed by atoms with van der Waals surface area (Å²) >= 11 is 0. The Balaban J connectivity index is 4.02. The number of hydrogen-bond donors (Lipinski definition) is 0. The summed E-state index contributed by atoms with van der Waals surface area (Å²) in [5, 5.41) is 1.48. The van der Waals surface area contributed by atoms with Gasteiger partial charge in [0.05, 0.1) is 0 Å². The van der Waals surface area contributed by atoms with Crippen molar-refractivity contribution in [2.75, 3.05) is 12.8 Å². The topological polar surface area (TPSA) is 0 Å². The summed E-state index contributed by atoms with van der Waals surface area (Å²) in [5.41, 5.74) is 0. The minimum atomic E-state index is 0.0896. The molecule has 0 bridgehead atoms. The minimum absolute atomic E-state index is 0.0896. The lowest BCUT2D eigenvalue weighted by molar-refractivity contribution is 0.957. The monoisotopic (exact) mass is 170 g/mol. The van der Waals surface area contributed by atoms with E-state index in [4.69, 9.17) is 0 Å². The summed E-state index contributed by atoms with van der Waals surface area (Å²) in [6, 6.07) is 0. The third kappa shape index (κ3) is 4.37. The van der Waals surface area contributed by atoms with E-state index < -0.39 is 0 Å². The van der Waals surface area contributed by atoms with Gasteiger partial charge in [0.15, 0.2) is 0 Å². The van der Waals surface area contributed by atoms with Gasteiger partial charge in [-0.1, -0.05) is 46.9 Å². The average Bonchev–Trinajstić information content (AvgIpc) is 2.05. The third-order valence-corrected chi connectivity index (χ3v) is 3.96. The first-order valence-corrected chi connectivity index (χ1v) is 6.27. The minimum Gasteiger partial charge on any atom is -0.0984 e. The number of allylic oxidation sites excluding steroid dienone is 3. The Labute approximate surface area is 72.1 Å². The quantitative estimate of drug-likeness (QED) is 0.432. The van der Waals surface area contributed by atoms with Crippen LogP contribution in [0.25, 0.3) is 0 Å². The summed E-state index contributed by atoms with van der Waals surface area (Å²) in [7, 11) is 0.0896. The van der Waals surface area contributed by atoms with Crippen LogP contribution in [0.2, 0.25) is 0 Å². The van der Waals surface area contributed by atoms with Crippen LogP contribution in [0.3, 0.4) is 0 Å². The molecule has 0 aromatic rings. The number of unbranched alkanes of at least 4 members (excludes halogenated alkanes) is 1. The molecule has 0 aliphatic carbocycles. The molecule has 0 radical (unpaired) electrons. The van der Waals surface area contributed by atoms with Crippen LogP contribution in [0.1, 0.15) is 26.7 Å². The second-order valence-electron chi connectivity index (χ2n) is 2.64. The molecule has 0 saturated carbocycles. The van der Waals surface area contributed by atoms with Gasteiger partial charge >= 0.3 is 0 Å². The first-order chi connectivity index (χ1) is 5.26. The van der Waals surface area contributed by atoms with Gasteiger partial charge in [0, 0.05) is 0 Å². The molecule has 0 N–H and O–H groups in total. The summed E-state index contributed by atoms with van der Waals surface area (Å²) < 4.78 is 0. The maximum atomic E-state index is 3.83. The van der Waals surface area contributed by atoms with Gasteiger partial charge in [0.2, 0.25) is 0 Å². The van der Waals surface area contributed by atoms with E-state index in [2.05, 4.69) is 33.2 Å². The van der Waals surface area contributed by atoms with Crippen LogP contribution in [-0.2, 0) is 0 Å². The van der Waals surface area contributed by atoms with E-state index in [9.17, 15) is 0 Å². The smallest absolute Gasteiger partial charge is 0.0289 e. The lowest BCUT2D eigenvalue weighted by Crippen LogP contribution is -1.79. The number of hydrogen-bond acceptors (Lipinski definition) is 0. The molecule has 0 spiro atoms. The van der Waals surface area contributed by atoms with E-state index in [1.807, 2.05) is 6.08 Å². The zero-order valence-electron chi connectivity index (χ0n) is 7.93. The van der Waals surface area contributed by atoms with Gasteiger partial charge in [-0.15, -0.1) is 0 Å². The van der Waals surface area contributed by atoms with Crippen LogP contribution in [0.5, 0.6) is 0 Å². The van der Waals surface area contributed by atoms with E-state index >= 15 is 0 Å². The van der Waals surface area contributed by atoms with Gasteiger partial charge in [-0.3, -0.25) is 0 Å². The molecule has 1 unspecified atom stereocenters. The standard InChI is InChI=1S/C10H19P/c1-5-8-9-10(6-2)11(4)7-3/h6,9H,2,5,7-8H2,1,3-4H3/b10-9+. The largest absolute Gasteiger partial charge is 0.0984 e. The highest BCUT2D eigenvalue weighted by atomic mass is 31.1. The van der Waals surface area contributed by atoms with Crippen LogP contribution >= 0.6 is 7.92 Å². The highest BCUT2D eigenvalue weighted by Crippen LogP contribution is 2.40. The predicted octanol–water partition coefficient (Wildman–Crippen LogP) is 3.99. The van der Waals surface area contributed by atoms with E-state index in [-0.39, 0.29) is 7.92 Å². The molecule has 0 heterocycles. The molecule has 0 saturated heterocycles. The zero-order chi connectivity index (χ0) is 8.69. The lowest BCUT2D eigenvalue weighted by Gasteiger charge is -2.09. The molecule has 0 aromatic heterocycles.